The van der Waals surface area contributed by atoms with E-state index in [-0.39, 0.29) is 5.41 Å². The number of unbranched alkanes of at least 4 members (excludes halogenated alkanes) is 8. The molecule has 0 saturated heterocycles. The van der Waals surface area contributed by atoms with Crippen molar-refractivity contribution in [2.75, 3.05) is 0 Å². The van der Waals surface area contributed by atoms with Crippen LogP contribution in [0.15, 0.2) is 48.6 Å². The molecule has 0 heterocycles. The van der Waals surface area contributed by atoms with Crippen LogP contribution in [0.3, 0.4) is 0 Å². The zero-order valence-electron chi connectivity index (χ0n) is 15.0. The first kappa shape index (κ1) is 19.0. The van der Waals surface area contributed by atoms with Crippen molar-refractivity contribution in [1.82, 2.24) is 0 Å². The molecule has 0 nitrogen and oxygen atoms in total. The van der Waals surface area contributed by atoms with E-state index in [0.29, 0.717) is 0 Å². The highest BCUT2D eigenvalue weighted by Crippen LogP contribution is 2.38. The third kappa shape index (κ3) is 6.38. The summed E-state index contributed by atoms with van der Waals surface area (Å²) in [7, 11) is 0. The van der Waals surface area contributed by atoms with Gasteiger partial charge in [0.2, 0.25) is 0 Å². The van der Waals surface area contributed by atoms with E-state index in [4.69, 9.17) is 0 Å². The maximum Gasteiger partial charge on any atom is 0.0301 e. The van der Waals surface area contributed by atoms with Gasteiger partial charge in [-0.2, -0.15) is 0 Å². The second kappa shape index (κ2) is 10.6. The van der Waals surface area contributed by atoms with Crippen molar-refractivity contribution in [1.29, 1.82) is 0 Å². The molecule has 0 aromatic carbocycles. The Bertz CT molecular complexity index is 396. The lowest BCUT2D eigenvalue weighted by molar-refractivity contribution is 0.561. The number of allylic oxidation sites excluding steroid dienone is 6. The van der Waals surface area contributed by atoms with E-state index in [1.165, 1.54) is 75.4 Å². The van der Waals surface area contributed by atoms with Crippen molar-refractivity contribution >= 4 is 0 Å². The predicted molar refractivity (Wildman–Crippen MR) is 101 cm³/mol. The van der Waals surface area contributed by atoms with Crippen molar-refractivity contribution in [3.63, 3.8) is 0 Å². The van der Waals surface area contributed by atoms with Crippen molar-refractivity contribution in [2.24, 2.45) is 5.41 Å². The molecule has 0 N–H and O–H groups in total. The SMILES string of the molecule is C=CC1(C(=C)C)C=CC(CCCCCCCCCCC)=CC1. The summed E-state index contributed by atoms with van der Waals surface area (Å²) in [4.78, 5) is 0. The molecular weight excluding hydrogens is 264 g/mol. The molecule has 1 aliphatic rings. The fraction of sp³-hybridized carbons (Fsp3) is 0.636. The fourth-order valence-corrected chi connectivity index (χ4v) is 3.16. The molecule has 124 valence electrons. The minimum Gasteiger partial charge on any atom is -0.102 e. The Morgan fingerprint density at radius 3 is 2.14 bits per heavy atom. The van der Waals surface area contributed by atoms with Crippen molar-refractivity contribution in [3.8, 4) is 0 Å². The van der Waals surface area contributed by atoms with Crippen LogP contribution in [0.1, 0.15) is 84.5 Å². The summed E-state index contributed by atoms with van der Waals surface area (Å²) in [5, 5.41) is 0. The van der Waals surface area contributed by atoms with E-state index in [0.717, 1.165) is 6.42 Å². The smallest absolute Gasteiger partial charge is 0.0301 e. The molecule has 1 rings (SSSR count). The van der Waals surface area contributed by atoms with Crippen molar-refractivity contribution in [3.05, 3.63) is 48.6 Å². The topological polar surface area (TPSA) is 0 Å². The van der Waals surface area contributed by atoms with Gasteiger partial charge in [-0.15, -0.1) is 6.58 Å². The van der Waals surface area contributed by atoms with Gasteiger partial charge in [0.15, 0.2) is 0 Å². The van der Waals surface area contributed by atoms with Crippen LogP contribution in [-0.4, -0.2) is 0 Å². The lowest BCUT2D eigenvalue weighted by Crippen LogP contribution is -2.17. The molecule has 0 aromatic rings. The van der Waals surface area contributed by atoms with Gasteiger partial charge in [-0.05, 0) is 26.2 Å². The third-order valence-electron chi connectivity index (χ3n) is 5.02. The largest absolute Gasteiger partial charge is 0.102 e. The minimum atomic E-state index is 0.00197. The quantitative estimate of drug-likeness (QED) is 0.258. The van der Waals surface area contributed by atoms with E-state index in [2.05, 4.69) is 45.2 Å². The van der Waals surface area contributed by atoms with Crippen LogP contribution in [0, 0.1) is 5.41 Å². The second-order valence-corrected chi connectivity index (χ2v) is 6.92. The fourth-order valence-electron chi connectivity index (χ4n) is 3.16. The summed E-state index contributed by atoms with van der Waals surface area (Å²) < 4.78 is 0. The lowest BCUT2D eigenvalue weighted by Gasteiger charge is -2.29. The summed E-state index contributed by atoms with van der Waals surface area (Å²) in [6.45, 7) is 12.5. The predicted octanol–water partition coefficient (Wildman–Crippen LogP) is 7.54. The van der Waals surface area contributed by atoms with Gasteiger partial charge in [0.25, 0.3) is 0 Å². The van der Waals surface area contributed by atoms with E-state index in [1.807, 2.05) is 6.08 Å². The van der Waals surface area contributed by atoms with Crippen LogP contribution in [0.2, 0.25) is 0 Å². The average molecular weight is 301 g/mol. The van der Waals surface area contributed by atoms with Crippen LogP contribution in [0.5, 0.6) is 0 Å². The first-order valence-corrected chi connectivity index (χ1v) is 9.32. The first-order valence-electron chi connectivity index (χ1n) is 9.32. The summed E-state index contributed by atoms with van der Waals surface area (Å²) in [6, 6.07) is 0. The molecule has 0 amide bonds. The van der Waals surface area contributed by atoms with Gasteiger partial charge in [-0.1, -0.05) is 100 Å². The van der Waals surface area contributed by atoms with Crippen LogP contribution in [0.4, 0.5) is 0 Å². The van der Waals surface area contributed by atoms with Crippen LogP contribution >= 0.6 is 0 Å². The first-order chi connectivity index (χ1) is 10.6. The molecule has 0 fully saturated rings. The Balaban J connectivity index is 2.11. The molecule has 0 heteroatoms. The van der Waals surface area contributed by atoms with Gasteiger partial charge in [-0.25, -0.2) is 0 Å². The zero-order chi connectivity index (χ0) is 16.3. The van der Waals surface area contributed by atoms with Gasteiger partial charge in [0, 0.05) is 5.41 Å². The Kier molecular flexibility index (Phi) is 9.20. The van der Waals surface area contributed by atoms with Crippen LogP contribution < -0.4 is 0 Å². The standard InChI is InChI=1S/C22H36/c1-5-7-8-9-10-11-12-13-14-15-21-16-18-22(6-2,19-17-21)20(3)4/h6,16-18H,2-3,5,7-15,19H2,1,4H3. The molecular formula is C22H36. The molecule has 0 bridgehead atoms. The number of hydrogen-bond acceptors (Lipinski definition) is 0. The molecule has 0 saturated carbocycles. The lowest BCUT2D eigenvalue weighted by atomic mass is 9.75. The van der Waals surface area contributed by atoms with Gasteiger partial charge < -0.3 is 0 Å². The average Bonchev–Trinajstić information content (AvgIpc) is 2.54. The molecule has 0 aromatic heterocycles. The highest BCUT2D eigenvalue weighted by molar-refractivity contribution is 5.36. The highest BCUT2D eigenvalue weighted by atomic mass is 14.3. The summed E-state index contributed by atoms with van der Waals surface area (Å²) >= 11 is 0. The molecule has 22 heavy (non-hydrogen) atoms. The Morgan fingerprint density at radius 1 is 1.09 bits per heavy atom. The van der Waals surface area contributed by atoms with Crippen molar-refractivity contribution < 1.29 is 0 Å². The third-order valence-corrected chi connectivity index (χ3v) is 5.02. The second-order valence-electron chi connectivity index (χ2n) is 6.92. The monoisotopic (exact) mass is 300 g/mol. The van der Waals surface area contributed by atoms with Gasteiger partial charge in [0.05, 0.1) is 0 Å². The molecule has 1 unspecified atom stereocenters. The Morgan fingerprint density at radius 2 is 1.68 bits per heavy atom. The maximum atomic E-state index is 4.12. The molecule has 1 aliphatic carbocycles. The maximum absolute atomic E-state index is 4.12. The van der Waals surface area contributed by atoms with E-state index in [1.54, 1.807) is 0 Å². The van der Waals surface area contributed by atoms with Crippen molar-refractivity contribution in [2.45, 2.75) is 84.5 Å². The van der Waals surface area contributed by atoms with Gasteiger partial charge in [-0.3, -0.25) is 0 Å². The molecule has 0 aliphatic heterocycles. The van der Waals surface area contributed by atoms with E-state index >= 15 is 0 Å². The highest BCUT2D eigenvalue weighted by Gasteiger charge is 2.25. The number of rotatable bonds is 12. The molecule has 0 spiro atoms. The van der Waals surface area contributed by atoms with Gasteiger partial charge in [0.1, 0.15) is 0 Å². The Hall–Kier alpha value is -1.04. The summed E-state index contributed by atoms with van der Waals surface area (Å²) in [5.74, 6) is 0. The Labute approximate surface area is 139 Å². The van der Waals surface area contributed by atoms with E-state index in [9.17, 15) is 0 Å². The molecule has 1 atom stereocenters. The van der Waals surface area contributed by atoms with E-state index < -0.39 is 0 Å². The van der Waals surface area contributed by atoms with Crippen LogP contribution in [-0.2, 0) is 0 Å². The van der Waals surface area contributed by atoms with Gasteiger partial charge >= 0.3 is 0 Å². The minimum absolute atomic E-state index is 0.00197. The summed E-state index contributed by atoms with van der Waals surface area (Å²) in [6.07, 6.45) is 23.9. The number of hydrogen-bond donors (Lipinski definition) is 0. The van der Waals surface area contributed by atoms with Crippen LogP contribution in [0.25, 0.3) is 0 Å². The molecule has 0 radical (unpaired) electrons. The normalized spacial score (nSPS) is 20.7. The zero-order valence-corrected chi connectivity index (χ0v) is 15.0. The summed E-state index contributed by atoms with van der Waals surface area (Å²) in [5.41, 5.74) is 2.70.